The molecule has 4 heteroatoms. The molecule has 2 aliphatic heterocycles. The third-order valence-corrected chi connectivity index (χ3v) is 4.60. The fraction of sp³-hybridized carbons (Fsp3) is 0. The molecule has 0 unspecified atom stereocenters. The van der Waals surface area contributed by atoms with E-state index >= 15 is 0 Å². The number of fused-ring (bicyclic) bond motifs is 1. The fourth-order valence-corrected chi connectivity index (χ4v) is 3.26. The normalized spacial score (nSPS) is 17.9. The molecular formula is C24H15NO3. The van der Waals surface area contributed by atoms with E-state index in [1.54, 1.807) is 0 Å². The molecular weight excluding hydrogens is 350 g/mol. The van der Waals surface area contributed by atoms with Crippen LogP contribution in [0.5, 0.6) is 5.75 Å². The van der Waals surface area contributed by atoms with Gasteiger partial charge in [0.1, 0.15) is 11.5 Å². The molecule has 3 aromatic rings. The number of carbonyl (C=O) groups excluding carboxylic acids is 1. The maximum atomic E-state index is 12.6. The van der Waals surface area contributed by atoms with Gasteiger partial charge in [0.15, 0.2) is 5.70 Å². The highest BCUT2D eigenvalue weighted by Gasteiger charge is 2.30. The van der Waals surface area contributed by atoms with Gasteiger partial charge in [0.25, 0.3) is 0 Å². The molecule has 0 N–H and O–H groups in total. The first kappa shape index (κ1) is 16.3. The lowest BCUT2D eigenvalue weighted by Gasteiger charge is -2.20. The Bertz CT molecular complexity index is 1160. The molecule has 0 radical (unpaired) electrons. The Balaban J connectivity index is 1.69. The van der Waals surface area contributed by atoms with E-state index < -0.39 is 5.97 Å². The number of cyclic esters (lactones) is 1. The average molecular weight is 365 g/mol. The number of carbonyl (C=O) groups is 1. The first-order valence-corrected chi connectivity index (χ1v) is 8.94. The summed E-state index contributed by atoms with van der Waals surface area (Å²) in [6.45, 7) is 0. The molecule has 3 aromatic carbocycles. The van der Waals surface area contributed by atoms with Gasteiger partial charge in [0, 0.05) is 22.3 Å². The van der Waals surface area contributed by atoms with E-state index in [1.165, 1.54) is 0 Å². The van der Waals surface area contributed by atoms with Crippen LogP contribution in [0.15, 0.2) is 102 Å². The number of benzene rings is 3. The van der Waals surface area contributed by atoms with Crippen molar-refractivity contribution in [2.45, 2.75) is 0 Å². The molecule has 2 heterocycles. The number of allylic oxidation sites excluding steroid dienone is 2. The molecule has 0 atom stereocenters. The zero-order valence-corrected chi connectivity index (χ0v) is 14.8. The Hall–Kier alpha value is -3.92. The van der Waals surface area contributed by atoms with Crippen molar-refractivity contribution in [1.82, 2.24) is 0 Å². The Morgan fingerprint density at radius 3 is 2.07 bits per heavy atom. The van der Waals surface area contributed by atoms with Crippen LogP contribution in [0, 0.1) is 0 Å². The van der Waals surface area contributed by atoms with Crippen molar-refractivity contribution in [1.29, 1.82) is 0 Å². The quantitative estimate of drug-likeness (QED) is 0.482. The van der Waals surface area contributed by atoms with Gasteiger partial charge in [-0.2, -0.15) is 0 Å². The Kier molecular flexibility index (Phi) is 3.87. The third kappa shape index (κ3) is 2.81. The van der Waals surface area contributed by atoms with Gasteiger partial charge >= 0.3 is 5.97 Å². The van der Waals surface area contributed by atoms with Crippen molar-refractivity contribution in [3.8, 4) is 5.75 Å². The van der Waals surface area contributed by atoms with Gasteiger partial charge in [0.05, 0.1) is 0 Å². The standard InChI is InChI=1S/C24H15NO3/c26-24-22(25-23(28-24)17-11-5-2-6-12-17)19-15-21(16-9-3-1-4-10-16)27-20-14-8-7-13-18(19)20/h1-15H. The van der Waals surface area contributed by atoms with Crippen molar-refractivity contribution in [2.24, 2.45) is 4.99 Å². The van der Waals surface area contributed by atoms with Crippen molar-refractivity contribution < 1.29 is 14.3 Å². The molecule has 0 aliphatic carbocycles. The van der Waals surface area contributed by atoms with Gasteiger partial charge in [0.2, 0.25) is 5.90 Å². The Morgan fingerprint density at radius 1 is 0.679 bits per heavy atom. The number of hydrogen-bond donors (Lipinski definition) is 0. The lowest BCUT2D eigenvalue weighted by molar-refractivity contribution is -0.129. The van der Waals surface area contributed by atoms with Gasteiger partial charge < -0.3 is 9.47 Å². The Morgan fingerprint density at radius 2 is 1.32 bits per heavy atom. The number of para-hydroxylation sites is 1. The highest BCUT2D eigenvalue weighted by molar-refractivity contribution is 6.15. The smallest absolute Gasteiger partial charge is 0.364 e. The van der Waals surface area contributed by atoms with Crippen molar-refractivity contribution >= 4 is 23.2 Å². The maximum absolute atomic E-state index is 12.6. The van der Waals surface area contributed by atoms with Crippen LogP contribution in [-0.4, -0.2) is 11.9 Å². The summed E-state index contributed by atoms with van der Waals surface area (Å²) < 4.78 is 11.5. The van der Waals surface area contributed by atoms with Gasteiger partial charge in [-0.25, -0.2) is 9.79 Å². The molecule has 28 heavy (non-hydrogen) atoms. The number of esters is 1. The molecule has 0 amide bonds. The summed E-state index contributed by atoms with van der Waals surface area (Å²) in [5.41, 5.74) is 3.47. The summed E-state index contributed by atoms with van der Waals surface area (Å²) in [4.78, 5) is 17.2. The van der Waals surface area contributed by atoms with Crippen LogP contribution < -0.4 is 4.74 Å². The van der Waals surface area contributed by atoms with E-state index in [1.807, 2.05) is 91.0 Å². The molecule has 4 nitrogen and oxygen atoms in total. The predicted octanol–water partition coefficient (Wildman–Crippen LogP) is 4.83. The lowest BCUT2D eigenvalue weighted by Crippen LogP contribution is -2.08. The summed E-state index contributed by atoms with van der Waals surface area (Å²) in [6.07, 6.45) is 1.85. The van der Waals surface area contributed by atoms with Crippen LogP contribution in [-0.2, 0) is 9.53 Å². The third-order valence-electron chi connectivity index (χ3n) is 4.60. The average Bonchev–Trinajstić information content (AvgIpc) is 3.15. The predicted molar refractivity (Wildman–Crippen MR) is 107 cm³/mol. The molecule has 5 rings (SSSR count). The minimum atomic E-state index is -0.464. The minimum Gasteiger partial charge on any atom is -0.456 e. The van der Waals surface area contributed by atoms with Crippen molar-refractivity contribution in [2.75, 3.05) is 0 Å². The molecule has 2 aliphatic rings. The van der Waals surface area contributed by atoms with E-state index in [0.29, 0.717) is 23.0 Å². The van der Waals surface area contributed by atoms with E-state index in [-0.39, 0.29) is 5.70 Å². The summed E-state index contributed by atoms with van der Waals surface area (Å²) in [6, 6.07) is 26.8. The number of aliphatic imine (C=N–C) groups is 1. The van der Waals surface area contributed by atoms with Gasteiger partial charge in [-0.05, 0) is 24.3 Å². The molecule has 0 aromatic heterocycles. The van der Waals surface area contributed by atoms with Crippen LogP contribution in [0.4, 0.5) is 0 Å². The van der Waals surface area contributed by atoms with Crippen LogP contribution in [0.1, 0.15) is 16.7 Å². The summed E-state index contributed by atoms with van der Waals surface area (Å²) in [7, 11) is 0. The molecule has 134 valence electrons. The number of hydrogen-bond acceptors (Lipinski definition) is 4. The zero-order chi connectivity index (χ0) is 18.9. The van der Waals surface area contributed by atoms with Crippen LogP contribution >= 0.6 is 0 Å². The van der Waals surface area contributed by atoms with Crippen LogP contribution in [0.2, 0.25) is 0 Å². The van der Waals surface area contributed by atoms with Gasteiger partial charge in [-0.1, -0.05) is 66.7 Å². The molecule has 0 spiro atoms. The first-order valence-electron chi connectivity index (χ1n) is 8.94. The van der Waals surface area contributed by atoms with E-state index in [4.69, 9.17) is 9.47 Å². The number of nitrogens with zero attached hydrogens (tertiary/aromatic N) is 1. The van der Waals surface area contributed by atoms with E-state index in [0.717, 1.165) is 16.7 Å². The van der Waals surface area contributed by atoms with E-state index in [9.17, 15) is 4.79 Å². The zero-order valence-electron chi connectivity index (χ0n) is 14.8. The maximum Gasteiger partial charge on any atom is 0.364 e. The summed E-state index contributed by atoms with van der Waals surface area (Å²) in [5.74, 6) is 1.20. The summed E-state index contributed by atoms with van der Waals surface area (Å²) in [5, 5.41) is 0. The SMILES string of the molecule is O=C1OC(c2ccccc2)=NC1=C1C=C(c2ccccc2)Oc2ccccc21. The molecule has 0 saturated carbocycles. The largest absolute Gasteiger partial charge is 0.456 e. The number of rotatable bonds is 2. The van der Waals surface area contributed by atoms with E-state index in [2.05, 4.69) is 4.99 Å². The van der Waals surface area contributed by atoms with Crippen molar-refractivity contribution in [3.63, 3.8) is 0 Å². The Labute approximate surface area is 162 Å². The second kappa shape index (κ2) is 6.67. The number of ether oxygens (including phenoxy) is 2. The topological polar surface area (TPSA) is 47.9 Å². The first-order chi connectivity index (χ1) is 13.8. The minimum absolute atomic E-state index is 0.281. The second-order valence-corrected chi connectivity index (χ2v) is 6.41. The molecule has 0 fully saturated rings. The van der Waals surface area contributed by atoms with Crippen molar-refractivity contribution in [3.05, 3.63) is 113 Å². The summed E-state index contributed by atoms with van der Waals surface area (Å²) >= 11 is 0. The van der Waals surface area contributed by atoms with Gasteiger partial charge in [-0.3, -0.25) is 0 Å². The van der Waals surface area contributed by atoms with Gasteiger partial charge in [-0.15, -0.1) is 0 Å². The van der Waals surface area contributed by atoms with Crippen LogP contribution in [0.3, 0.4) is 0 Å². The highest BCUT2D eigenvalue weighted by Crippen LogP contribution is 2.39. The highest BCUT2D eigenvalue weighted by atomic mass is 16.6. The molecule has 0 bridgehead atoms. The fourth-order valence-electron chi connectivity index (χ4n) is 3.26. The molecule has 0 saturated heterocycles. The van der Waals surface area contributed by atoms with Crippen LogP contribution in [0.25, 0.3) is 11.3 Å². The second-order valence-electron chi connectivity index (χ2n) is 6.41. The lowest BCUT2D eigenvalue weighted by atomic mass is 9.98. The monoisotopic (exact) mass is 365 g/mol.